The molecule has 0 aliphatic carbocycles. The van der Waals surface area contributed by atoms with Crippen molar-refractivity contribution in [1.29, 1.82) is 0 Å². The minimum absolute atomic E-state index is 0.159. The Balaban J connectivity index is 1.71. The average Bonchev–Trinajstić information content (AvgIpc) is 3.36. The van der Waals surface area contributed by atoms with E-state index in [0.29, 0.717) is 11.5 Å². The number of likely N-dealkylation sites (N-methyl/N-ethyl adjacent to an activating group) is 1. The SMILES string of the molecule is COc1c2c(cc3c1C(c1nnnn1-c1ccccc1)N(C)CC3)OCO2. The Hall–Kier alpha value is -3.13. The summed E-state index contributed by atoms with van der Waals surface area (Å²) in [6.45, 7) is 1.08. The van der Waals surface area contributed by atoms with Crippen LogP contribution in [0.5, 0.6) is 17.2 Å². The Morgan fingerprint density at radius 3 is 2.85 bits per heavy atom. The normalized spacial score (nSPS) is 18.4. The summed E-state index contributed by atoms with van der Waals surface area (Å²) in [5.74, 6) is 2.81. The Bertz CT molecular complexity index is 989. The second-order valence-electron chi connectivity index (χ2n) is 6.63. The predicted molar refractivity (Wildman–Crippen MR) is 96.4 cm³/mol. The second kappa shape index (κ2) is 6.24. The van der Waals surface area contributed by atoms with Crippen LogP contribution < -0.4 is 14.2 Å². The molecule has 27 heavy (non-hydrogen) atoms. The molecule has 0 saturated carbocycles. The third kappa shape index (κ3) is 2.44. The highest BCUT2D eigenvalue weighted by atomic mass is 16.7. The molecule has 8 heteroatoms. The van der Waals surface area contributed by atoms with Crippen LogP contribution in [0.3, 0.4) is 0 Å². The van der Waals surface area contributed by atoms with Gasteiger partial charge in [-0.3, -0.25) is 4.90 Å². The van der Waals surface area contributed by atoms with Crippen LogP contribution in [0, 0.1) is 0 Å². The van der Waals surface area contributed by atoms with Crippen LogP contribution in [0.1, 0.15) is 23.0 Å². The highest BCUT2D eigenvalue weighted by Crippen LogP contribution is 2.50. The molecular formula is C19H19N5O3. The first kappa shape index (κ1) is 16.1. The highest BCUT2D eigenvalue weighted by Gasteiger charge is 2.37. The largest absolute Gasteiger partial charge is 0.492 e. The van der Waals surface area contributed by atoms with Gasteiger partial charge in [0.25, 0.3) is 0 Å². The van der Waals surface area contributed by atoms with E-state index < -0.39 is 0 Å². The Kier molecular flexibility index (Phi) is 3.71. The lowest BCUT2D eigenvalue weighted by molar-refractivity contribution is 0.170. The number of para-hydroxylation sites is 1. The van der Waals surface area contributed by atoms with E-state index in [4.69, 9.17) is 14.2 Å². The highest BCUT2D eigenvalue weighted by molar-refractivity contribution is 5.62. The molecule has 0 fully saturated rings. The third-order valence-electron chi connectivity index (χ3n) is 5.13. The van der Waals surface area contributed by atoms with Crippen molar-refractivity contribution < 1.29 is 14.2 Å². The quantitative estimate of drug-likeness (QED) is 0.702. The maximum Gasteiger partial charge on any atom is 0.231 e. The van der Waals surface area contributed by atoms with Gasteiger partial charge < -0.3 is 14.2 Å². The summed E-state index contributed by atoms with van der Waals surface area (Å²) in [6, 6.07) is 11.8. The van der Waals surface area contributed by atoms with Crippen molar-refractivity contribution in [3.05, 3.63) is 53.3 Å². The zero-order chi connectivity index (χ0) is 18.4. The second-order valence-corrected chi connectivity index (χ2v) is 6.63. The van der Waals surface area contributed by atoms with Crippen molar-refractivity contribution in [3.8, 4) is 22.9 Å². The summed E-state index contributed by atoms with van der Waals surface area (Å²) in [5.41, 5.74) is 3.11. The van der Waals surface area contributed by atoms with Gasteiger partial charge >= 0.3 is 0 Å². The van der Waals surface area contributed by atoms with E-state index in [2.05, 4.69) is 33.5 Å². The topological polar surface area (TPSA) is 74.5 Å². The van der Waals surface area contributed by atoms with Crippen molar-refractivity contribution in [2.75, 3.05) is 27.5 Å². The van der Waals surface area contributed by atoms with Gasteiger partial charge in [0, 0.05) is 12.1 Å². The lowest BCUT2D eigenvalue weighted by Crippen LogP contribution is -2.35. The molecule has 2 aromatic carbocycles. The van der Waals surface area contributed by atoms with Crippen LogP contribution in [-0.2, 0) is 6.42 Å². The van der Waals surface area contributed by atoms with Crippen LogP contribution in [0.2, 0.25) is 0 Å². The van der Waals surface area contributed by atoms with Crippen molar-refractivity contribution in [2.45, 2.75) is 12.5 Å². The summed E-state index contributed by atoms with van der Waals surface area (Å²) in [7, 11) is 3.73. The van der Waals surface area contributed by atoms with E-state index in [1.54, 1.807) is 11.8 Å². The maximum atomic E-state index is 5.77. The van der Waals surface area contributed by atoms with Gasteiger partial charge in [-0.1, -0.05) is 18.2 Å². The summed E-state index contributed by atoms with van der Waals surface area (Å²) < 4.78 is 18.8. The van der Waals surface area contributed by atoms with E-state index in [1.165, 1.54) is 5.56 Å². The summed E-state index contributed by atoms with van der Waals surface area (Å²) >= 11 is 0. The summed E-state index contributed by atoms with van der Waals surface area (Å²) in [4.78, 5) is 2.23. The fourth-order valence-electron chi connectivity index (χ4n) is 3.88. The zero-order valence-electron chi connectivity index (χ0n) is 15.1. The van der Waals surface area contributed by atoms with Crippen LogP contribution in [-0.4, -0.2) is 52.6 Å². The average molecular weight is 365 g/mol. The smallest absolute Gasteiger partial charge is 0.231 e. The molecule has 1 unspecified atom stereocenters. The molecule has 0 bridgehead atoms. The molecule has 0 spiro atoms. The summed E-state index contributed by atoms with van der Waals surface area (Å²) in [5, 5.41) is 12.5. The Morgan fingerprint density at radius 2 is 2.04 bits per heavy atom. The van der Waals surface area contributed by atoms with Gasteiger partial charge in [-0.05, 0) is 47.7 Å². The van der Waals surface area contributed by atoms with Crippen molar-refractivity contribution in [2.24, 2.45) is 0 Å². The van der Waals surface area contributed by atoms with Gasteiger partial charge in [-0.15, -0.1) is 5.10 Å². The van der Waals surface area contributed by atoms with Gasteiger partial charge in [0.2, 0.25) is 12.5 Å². The molecule has 0 amide bonds. The number of hydrogen-bond acceptors (Lipinski definition) is 7. The minimum atomic E-state index is -0.159. The molecule has 3 aromatic rings. The molecule has 8 nitrogen and oxygen atoms in total. The van der Waals surface area contributed by atoms with Crippen LogP contribution in [0.4, 0.5) is 0 Å². The molecular weight excluding hydrogens is 346 g/mol. The molecule has 138 valence electrons. The molecule has 0 saturated heterocycles. The fraction of sp³-hybridized carbons (Fsp3) is 0.316. The first-order valence-electron chi connectivity index (χ1n) is 8.81. The van der Waals surface area contributed by atoms with Crippen molar-refractivity contribution in [1.82, 2.24) is 25.1 Å². The number of hydrogen-bond donors (Lipinski definition) is 0. The van der Waals surface area contributed by atoms with E-state index in [1.807, 2.05) is 30.3 Å². The number of rotatable bonds is 3. The molecule has 2 aliphatic rings. The number of ether oxygens (including phenoxy) is 3. The van der Waals surface area contributed by atoms with Crippen molar-refractivity contribution >= 4 is 0 Å². The lowest BCUT2D eigenvalue weighted by atomic mass is 9.90. The number of fused-ring (bicyclic) bond motifs is 2. The van der Waals surface area contributed by atoms with Crippen molar-refractivity contribution in [3.63, 3.8) is 0 Å². The van der Waals surface area contributed by atoms with Crippen LogP contribution >= 0.6 is 0 Å². The van der Waals surface area contributed by atoms with Gasteiger partial charge in [-0.25, -0.2) is 0 Å². The monoisotopic (exact) mass is 365 g/mol. The molecule has 1 aromatic heterocycles. The van der Waals surface area contributed by atoms with Gasteiger partial charge in [0.1, 0.15) is 6.04 Å². The first-order valence-corrected chi connectivity index (χ1v) is 8.81. The number of aromatic nitrogens is 4. The Morgan fingerprint density at radius 1 is 1.19 bits per heavy atom. The third-order valence-corrected chi connectivity index (χ3v) is 5.13. The van der Waals surface area contributed by atoms with Gasteiger partial charge in [0.05, 0.1) is 12.8 Å². The predicted octanol–water partition coefficient (Wildman–Crippen LogP) is 1.98. The van der Waals surface area contributed by atoms with Crippen LogP contribution in [0.15, 0.2) is 36.4 Å². The van der Waals surface area contributed by atoms with Gasteiger partial charge in [-0.2, -0.15) is 4.68 Å². The molecule has 2 aliphatic heterocycles. The van der Waals surface area contributed by atoms with E-state index in [9.17, 15) is 0 Å². The lowest BCUT2D eigenvalue weighted by Gasteiger charge is -2.34. The fourth-order valence-corrected chi connectivity index (χ4v) is 3.88. The Labute approximate surface area is 156 Å². The molecule has 1 atom stereocenters. The van der Waals surface area contributed by atoms with E-state index >= 15 is 0 Å². The molecule has 0 radical (unpaired) electrons. The standard InChI is InChI=1S/C19H19N5O3/c1-23-9-8-12-10-14-17(27-11-26-14)18(25-2)15(12)16(23)19-20-21-22-24(19)13-6-4-3-5-7-13/h3-7,10,16H,8-9,11H2,1-2H3. The number of nitrogens with zero attached hydrogens (tertiary/aromatic N) is 5. The number of benzene rings is 2. The number of methoxy groups -OCH3 is 1. The van der Waals surface area contributed by atoms with E-state index in [-0.39, 0.29) is 12.8 Å². The van der Waals surface area contributed by atoms with E-state index in [0.717, 1.165) is 35.8 Å². The molecule has 5 rings (SSSR count). The summed E-state index contributed by atoms with van der Waals surface area (Å²) in [6.07, 6.45) is 0.891. The van der Waals surface area contributed by atoms with Crippen LogP contribution in [0.25, 0.3) is 5.69 Å². The van der Waals surface area contributed by atoms with Gasteiger partial charge in [0.15, 0.2) is 17.3 Å². The molecule has 3 heterocycles. The molecule has 0 N–H and O–H groups in total. The number of tetrazole rings is 1. The minimum Gasteiger partial charge on any atom is -0.492 e. The maximum absolute atomic E-state index is 5.77. The zero-order valence-corrected chi connectivity index (χ0v) is 15.1. The first-order chi connectivity index (χ1) is 13.3.